The molecule has 3 rings (SSSR count). The number of rotatable bonds is 4. The minimum atomic E-state index is -3.32. The lowest BCUT2D eigenvalue weighted by Crippen LogP contribution is -2.41. The summed E-state index contributed by atoms with van der Waals surface area (Å²) in [6.07, 6.45) is 2.40. The monoisotopic (exact) mass is 361 g/mol. The van der Waals surface area contributed by atoms with E-state index in [1.807, 2.05) is 30.3 Å². The van der Waals surface area contributed by atoms with Crippen LogP contribution in [0.5, 0.6) is 0 Å². The standard InChI is InChI=1S/C19H20FNO3S/c1-25(23,24)21-11-5-8-16(13-21)19(22)15-9-10-17(18(20)12-15)14-6-3-2-4-7-14/h2-4,6-7,9-10,12,16H,5,8,11,13H2,1H3. The Morgan fingerprint density at radius 2 is 1.88 bits per heavy atom. The largest absolute Gasteiger partial charge is 0.294 e. The molecule has 1 atom stereocenters. The third-order valence-electron chi connectivity index (χ3n) is 4.56. The molecule has 0 aromatic heterocycles. The van der Waals surface area contributed by atoms with E-state index in [4.69, 9.17) is 0 Å². The first-order chi connectivity index (χ1) is 11.9. The second-order valence-corrected chi connectivity index (χ2v) is 8.37. The molecule has 0 spiro atoms. The van der Waals surface area contributed by atoms with Crippen molar-refractivity contribution in [1.29, 1.82) is 0 Å². The Morgan fingerprint density at radius 1 is 1.16 bits per heavy atom. The van der Waals surface area contributed by atoms with Crippen LogP contribution in [0.15, 0.2) is 48.5 Å². The van der Waals surface area contributed by atoms with E-state index >= 15 is 0 Å². The molecule has 4 nitrogen and oxygen atoms in total. The highest BCUT2D eigenvalue weighted by Crippen LogP contribution is 2.27. The second kappa shape index (κ2) is 7.06. The van der Waals surface area contributed by atoms with Gasteiger partial charge in [0.25, 0.3) is 0 Å². The lowest BCUT2D eigenvalue weighted by atomic mass is 9.90. The van der Waals surface area contributed by atoms with Gasteiger partial charge in [-0.15, -0.1) is 0 Å². The molecule has 1 heterocycles. The normalized spacial score (nSPS) is 18.9. The van der Waals surface area contributed by atoms with Crippen LogP contribution in [0.1, 0.15) is 23.2 Å². The van der Waals surface area contributed by atoms with E-state index < -0.39 is 21.8 Å². The van der Waals surface area contributed by atoms with Gasteiger partial charge in [0.2, 0.25) is 10.0 Å². The molecular formula is C19H20FNO3S. The zero-order valence-corrected chi connectivity index (χ0v) is 14.8. The fourth-order valence-corrected chi connectivity index (χ4v) is 4.13. The molecule has 1 fully saturated rings. The summed E-state index contributed by atoms with van der Waals surface area (Å²) in [5.74, 6) is -1.08. The van der Waals surface area contributed by atoms with Gasteiger partial charge in [0.1, 0.15) is 5.82 Å². The summed E-state index contributed by atoms with van der Waals surface area (Å²) in [6, 6.07) is 13.6. The maximum Gasteiger partial charge on any atom is 0.211 e. The molecule has 2 aromatic carbocycles. The van der Waals surface area contributed by atoms with Crippen LogP contribution in [0.25, 0.3) is 11.1 Å². The molecule has 6 heteroatoms. The Labute approximate surface area is 147 Å². The fraction of sp³-hybridized carbons (Fsp3) is 0.316. The number of hydrogen-bond donors (Lipinski definition) is 0. The molecule has 0 N–H and O–H groups in total. The number of sulfonamides is 1. The number of piperidine rings is 1. The van der Waals surface area contributed by atoms with Crippen molar-refractivity contribution in [3.63, 3.8) is 0 Å². The van der Waals surface area contributed by atoms with Crippen molar-refractivity contribution in [1.82, 2.24) is 4.31 Å². The van der Waals surface area contributed by atoms with E-state index in [0.29, 0.717) is 24.9 Å². The highest BCUT2D eigenvalue weighted by Gasteiger charge is 2.30. The number of Topliss-reactive ketones (excluding diaryl/α,β-unsaturated/α-hetero) is 1. The Hall–Kier alpha value is -2.05. The highest BCUT2D eigenvalue weighted by atomic mass is 32.2. The molecule has 0 aliphatic carbocycles. The lowest BCUT2D eigenvalue weighted by Gasteiger charge is -2.30. The molecule has 1 aliphatic heterocycles. The summed E-state index contributed by atoms with van der Waals surface area (Å²) in [4.78, 5) is 12.7. The van der Waals surface area contributed by atoms with E-state index in [0.717, 1.165) is 11.8 Å². The molecule has 1 saturated heterocycles. The lowest BCUT2D eigenvalue weighted by molar-refractivity contribution is 0.0872. The Morgan fingerprint density at radius 3 is 2.52 bits per heavy atom. The number of nitrogens with zero attached hydrogens (tertiary/aromatic N) is 1. The van der Waals surface area contributed by atoms with Crippen molar-refractivity contribution in [2.75, 3.05) is 19.3 Å². The minimum absolute atomic E-state index is 0.166. The molecule has 1 unspecified atom stereocenters. The van der Waals surface area contributed by atoms with Gasteiger partial charge in [-0.05, 0) is 24.5 Å². The third-order valence-corrected chi connectivity index (χ3v) is 5.83. The molecule has 25 heavy (non-hydrogen) atoms. The van der Waals surface area contributed by atoms with E-state index in [1.165, 1.54) is 10.4 Å². The van der Waals surface area contributed by atoms with Gasteiger partial charge in [0.15, 0.2) is 5.78 Å². The molecular weight excluding hydrogens is 341 g/mol. The average molecular weight is 361 g/mol. The first-order valence-electron chi connectivity index (χ1n) is 8.20. The van der Waals surface area contributed by atoms with Crippen molar-refractivity contribution in [3.05, 3.63) is 59.9 Å². The third kappa shape index (κ3) is 3.96. The van der Waals surface area contributed by atoms with Crippen LogP contribution < -0.4 is 0 Å². The van der Waals surface area contributed by atoms with Gasteiger partial charge in [-0.25, -0.2) is 17.1 Å². The number of hydrogen-bond acceptors (Lipinski definition) is 3. The first kappa shape index (κ1) is 17.8. The number of carbonyl (C=O) groups is 1. The van der Waals surface area contributed by atoms with E-state index in [1.54, 1.807) is 12.1 Å². The van der Waals surface area contributed by atoms with Crippen molar-refractivity contribution in [2.45, 2.75) is 12.8 Å². The van der Waals surface area contributed by atoms with Crippen LogP contribution in [0, 0.1) is 11.7 Å². The van der Waals surface area contributed by atoms with E-state index in [-0.39, 0.29) is 17.9 Å². The van der Waals surface area contributed by atoms with Crippen LogP contribution in [0.3, 0.4) is 0 Å². The van der Waals surface area contributed by atoms with Gasteiger partial charge in [0, 0.05) is 30.1 Å². The molecule has 1 aliphatic rings. The zero-order chi connectivity index (χ0) is 18.0. The smallest absolute Gasteiger partial charge is 0.211 e. The quantitative estimate of drug-likeness (QED) is 0.785. The predicted molar refractivity (Wildman–Crippen MR) is 95.3 cm³/mol. The summed E-state index contributed by atoms with van der Waals surface area (Å²) in [5, 5.41) is 0. The molecule has 132 valence electrons. The van der Waals surface area contributed by atoms with Crippen LogP contribution in [0.4, 0.5) is 4.39 Å². The Bertz CT molecular complexity index is 881. The SMILES string of the molecule is CS(=O)(=O)N1CCCC(C(=O)c2ccc(-c3ccccc3)c(F)c2)C1. The number of carbonyl (C=O) groups excluding carboxylic acids is 1. The molecule has 0 saturated carbocycles. The van der Waals surface area contributed by atoms with Crippen LogP contribution in [-0.4, -0.2) is 37.9 Å². The fourth-order valence-electron chi connectivity index (χ4n) is 3.21. The summed E-state index contributed by atoms with van der Waals surface area (Å²) < 4.78 is 39.2. The average Bonchev–Trinajstić information content (AvgIpc) is 2.61. The van der Waals surface area contributed by atoms with Crippen LogP contribution >= 0.6 is 0 Å². The maximum atomic E-state index is 14.5. The first-order valence-corrected chi connectivity index (χ1v) is 10.1. The van der Waals surface area contributed by atoms with Gasteiger partial charge in [-0.2, -0.15) is 0 Å². The Balaban J connectivity index is 1.82. The molecule has 2 aromatic rings. The van der Waals surface area contributed by atoms with Gasteiger partial charge in [0.05, 0.1) is 6.26 Å². The Kier molecular flexibility index (Phi) is 5.01. The van der Waals surface area contributed by atoms with Gasteiger partial charge in [-0.1, -0.05) is 42.5 Å². The topological polar surface area (TPSA) is 54.5 Å². The van der Waals surface area contributed by atoms with Gasteiger partial charge >= 0.3 is 0 Å². The van der Waals surface area contributed by atoms with Crippen LogP contribution in [-0.2, 0) is 10.0 Å². The molecule has 0 amide bonds. The second-order valence-electron chi connectivity index (χ2n) is 6.39. The van der Waals surface area contributed by atoms with Crippen molar-refractivity contribution < 1.29 is 17.6 Å². The number of ketones is 1. The maximum absolute atomic E-state index is 14.5. The summed E-state index contributed by atoms with van der Waals surface area (Å²) >= 11 is 0. The van der Waals surface area contributed by atoms with Crippen molar-refractivity contribution in [2.24, 2.45) is 5.92 Å². The summed E-state index contributed by atoms with van der Waals surface area (Å²) in [7, 11) is -3.32. The van der Waals surface area contributed by atoms with Gasteiger partial charge in [-0.3, -0.25) is 4.79 Å². The van der Waals surface area contributed by atoms with Crippen molar-refractivity contribution in [3.8, 4) is 11.1 Å². The number of benzene rings is 2. The summed E-state index contributed by atoms with van der Waals surface area (Å²) in [5.41, 5.74) is 1.48. The number of halogens is 1. The van der Waals surface area contributed by atoms with Gasteiger partial charge < -0.3 is 0 Å². The van der Waals surface area contributed by atoms with Crippen LogP contribution in [0.2, 0.25) is 0 Å². The van der Waals surface area contributed by atoms with Crippen molar-refractivity contribution >= 4 is 15.8 Å². The molecule has 0 radical (unpaired) electrons. The minimum Gasteiger partial charge on any atom is -0.294 e. The zero-order valence-electron chi connectivity index (χ0n) is 14.0. The highest BCUT2D eigenvalue weighted by molar-refractivity contribution is 7.88. The summed E-state index contributed by atoms with van der Waals surface area (Å²) in [6.45, 7) is 0.601. The van der Waals surface area contributed by atoms with E-state index in [2.05, 4.69) is 0 Å². The molecule has 0 bridgehead atoms. The van der Waals surface area contributed by atoms with E-state index in [9.17, 15) is 17.6 Å². The predicted octanol–water partition coefficient (Wildman–Crippen LogP) is 3.35.